The predicted octanol–water partition coefficient (Wildman–Crippen LogP) is 2.33. The molecule has 1 N–H and O–H groups in total. The molecular formula is C12H23NO. The van der Waals surface area contributed by atoms with E-state index in [1.165, 1.54) is 38.5 Å². The molecule has 0 aromatic rings. The lowest BCUT2D eigenvalue weighted by molar-refractivity contribution is 0.0749. The smallest absolute Gasteiger partial charge is 0.0728 e. The molecule has 2 atom stereocenters. The van der Waals surface area contributed by atoms with Crippen LogP contribution in [0, 0.1) is 5.92 Å². The summed E-state index contributed by atoms with van der Waals surface area (Å²) in [7, 11) is 0. The van der Waals surface area contributed by atoms with Crippen molar-refractivity contribution in [2.24, 2.45) is 5.92 Å². The monoisotopic (exact) mass is 197 g/mol. The Kier molecular flexibility index (Phi) is 3.82. The van der Waals surface area contributed by atoms with Gasteiger partial charge in [-0.05, 0) is 38.1 Å². The topological polar surface area (TPSA) is 21.3 Å². The second-order valence-corrected chi connectivity index (χ2v) is 4.74. The van der Waals surface area contributed by atoms with E-state index in [1.807, 2.05) is 0 Å². The van der Waals surface area contributed by atoms with Gasteiger partial charge in [0, 0.05) is 12.6 Å². The van der Waals surface area contributed by atoms with Gasteiger partial charge in [-0.3, -0.25) is 0 Å². The van der Waals surface area contributed by atoms with Crippen molar-refractivity contribution in [2.45, 2.75) is 57.6 Å². The number of likely N-dealkylation sites (N-methyl/N-ethyl adjacent to an activating group) is 1. The van der Waals surface area contributed by atoms with Gasteiger partial charge in [-0.25, -0.2) is 0 Å². The summed E-state index contributed by atoms with van der Waals surface area (Å²) in [5, 5.41) is 3.58. The first-order valence-corrected chi connectivity index (χ1v) is 6.25. The van der Waals surface area contributed by atoms with Crippen molar-refractivity contribution in [3.05, 3.63) is 0 Å². The molecule has 0 amide bonds. The second kappa shape index (κ2) is 5.13. The molecule has 2 heteroatoms. The zero-order valence-electron chi connectivity index (χ0n) is 9.30. The molecule has 1 heterocycles. The Morgan fingerprint density at radius 1 is 1.36 bits per heavy atom. The van der Waals surface area contributed by atoms with Gasteiger partial charge >= 0.3 is 0 Å². The van der Waals surface area contributed by atoms with Crippen molar-refractivity contribution in [2.75, 3.05) is 13.2 Å². The summed E-state index contributed by atoms with van der Waals surface area (Å²) in [4.78, 5) is 0. The van der Waals surface area contributed by atoms with E-state index in [9.17, 15) is 0 Å². The predicted molar refractivity (Wildman–Crippen MR) is 58.4 cm³/mol. The van der Waals surface area contributed by atoms with Crippen LogP contribution in [-0.2, 0) is 4.74 Å². The lowest BCUT2D eigenvalue weighted by Crippen LogP contribution is -2.39. The molecule has 2 unspecified atom stereocenters. The van der Waals surface area contributed by atoms with Crippen LogP contribution >= 0.6 is 0 Å². The number of hydrogen-bond donors (Lipinski definition) is 1. The maximum absolute atomic E-state index is 5.76. The molecule has 2 aliphatic rings. The van der Waals surface area contributed by atoms with Crippen LogP contribution in [0.25, 0.3) is 0 Å². The molecular weight excluding hydrogens is 174 g/mol. The summed E-state index contributed by atoms with van der Waals surface area (Å²) in [6.45, 7) is 4.25. The van der Waals surface area contributed by atoms with Crippen LogP contribution in [0.3, 0.4) is 0 Å². The van der Waals surface area contributed by atoms with E-state index in [-0.39, 0.29) is 0 Å². The first kappa shape index (κ1) is 10.4. The van der Waals surface area contributed by atoms with Gasteiger partial charge in [0.1, 0.15) is 0 Å². The van der Waals surface area contributed by atoms with Gasteiger partial charge < -0.3 is 10.1 Å². The average Bonchev–Trinajstić information content (AvgIpc) is 2.86. The van der Waals surface area contributed by atoms with Crippen LogP contribution in [0.15, 0.2) is 0 Å². The van der Waals surface area contributed by atoms with Crippen LogP contribution in [0.1, 0.15) is 45.4 Å². The normalized spacial score (nSPS) is 29.4. The molecule has 2 nitrogen and oxygen atoms in total. The quantitative estimate of drug-likeness (QED) is 0.705. The molecule has 82 valence electrons. The van der Waals surface area contributed by atoms with E-state index in [2.05, 4.69) is 12.2 Å². The summed E-state index contributed by atoms with van der Waals surface area (Å²) in [6.07, 6.45) is 8.72. The fourth-order valence-electron chi connectivity index (χ4n) is 2.42. The Morgan fingerprint density at radius 3 is 2.79 bits per heavy atom. The van der Waals surface area contributed by atoms with Crippen molar-refractivity contribution < 1.29 is 4.74 Å². The molecule has 0 spiro atoms. The Morgan fingerprint density at radius 2 is 2.21 bits per heavy atom. The fraction of sp³-hybridized carbons (Fsp3) is 1.00. The van der Waals surface area contributed by atoms with Crippen molar-refractivity contribution in [1.82, 2.24) is 5.32 Å². The molecule has 0 aromatic heterocycles. The highest BCUT2D eigenvalue weighted by Gasteiger charge is 2.28. The molecule has 14 heavy (non-hydrogen) atoms. The zero-order chi connectivity index (χ0) is 9.80. The number of ether oxygens (including phenoxy) is 1. The lowest BCUT2D eigenvalue weighted by Gasteiger charge is -2.23. The fourth-order valence-corrected chi connectivity index (χ4v) is 2.42. The summed E-state index contributed by atoms with van der Waals surface area (Å²) >= 11 is 0. The Labute approximate surface area is 87.4 Å². The maximum atomic E-state index is 5.76. The Hall–Kier alpha value is -0.0800. The highest BCUT2D eigenvalue weighted by Crippen LogP contribution is 2.34. The van der Waals surface area contributed by atoms with E-state index in [1.54, 1.807) is 0 Å². The number of hydrogen-bond acceptors (Lipinski definition) is 2. The number of nitrogens with one attached hydrogen (secondary N) is 1. The summed E-state index contributed by atoms with van der Waals surface area (Å²) < 4.78 is 5.76. The van der Waals surface area contributed by atoms with Gasteiger partial charge in [-0.2, -0.15) is 0 Å². The first-order valence-electron chi connectivity index (χ1n) is 6.25. The highest BCUT2D eigenvalue weighted by molar-refractivity contribution is 4.83. The maximum Gasteiger partial charge on any atom is 0.0728 e. The molecule has 1 aliphatic carbocycles. The van der Waals surface area contributed by atoms with E-state index < -0.39 is 0 Å². The second-order valence-electron chi connectivity index (χ2n) is 4.74. The molecule has 0 aromatic carbocycles. The molecule has 2 fully saturated rings. The molecule has 1 saturated heterocycles. The SMILES string of the molecule is CCNC(CCC1CC1)C1CCCO1. The minimum Gasteiger partial charge on any atom is -0.377 e. The van der Waals surface area contributed by atoms with Gasteiger partial charge in [-0.15, -0.1) is 0 Å². The first-order chi connectivity index (χ1) is 6.90. The van der Waals surface area contributed by atoms with Crippen LogP contribution in [0.2, 0.25) is 0 Å². The van der Waals surface area contributed by atoms with Crippen molar-refractivity contribution in [1.29, 1.82) is 0 Å². The van der Waals surface area contributed by atoms with Gasteiger partial charge in [0.15, 0.2) is 0 Å². The van der Waals surface area contributed by atoms with Crippen molar-refractivity contribution in [3.8, 4) is 0 Å². The van der Waals surface area contributed by atoms with Gasteiger partial charge in [0.25, 0.3) is 0 Å². The highest BCUT2D eigenvalue weighted by atomic mass is 16.5. The Balaban J connectivity index is 1.72. The molecule has 2 rings (SSSR count). The van der Waals surface area contributed by atoms with Crippen LogP contribution < -0.4 is 5.32 Å². The largest absolute Gasteiger partial charge is 0.377 e. The van der Waals surface area contributed by atoms with E-state index >= 15 is 0 Å². The third-order valence-electron chi connectivity index (χ3n) is 3.46. The van der Waals surface area contributed by atoms with Crippen LogP contribution in [0.4, 0.5) is 0 Å². The summed E-state index contributed by atoms with van der Waals surface area (Å²) in [6, 6.07) is 0.628. The Bertz CT molecular complexity index is 162. The summed E-state index contributed by atoms with van der Waals surface area (Å²) in [5.74, 6) is 1.05. The minimum atomic E-state index is 0.508. The van der Waals surface area contributed by atoms with Crippen molar-refractivity contribution in [3.63, 3.8) is 0 Å². The van der Waals surface area contributed by atoms with Gasteiger partial charge in [0.05, 0.1) is 6.10 Å². The number of rotatable bonds is 6. The van der Waals surface area contributed by atoms with Crippen LogP contribution in [-0.4, -0.2) is 25.3 Å². The van der Waals surface area contributed by atoms with E-state index in [0.717, 1.165) is 19.1 Å². The minimum absolute atomic E-state index is 0.508. The third kappa shape index (κ3) is 2.96. The van der Waals surface area contributed by atoms with Crippen LogP contribution in [0.5, 0.6) is 0 Å². The average molecular weight is 197 g/mol. The van der Waals surface area contributed by atoms with Gasteiger partial charge in [0.2, 0.25) is 0 Å². The van der Waals surface area contributed by atoms with E-state index in [4.69, 9.17) is 4.74 Å². The van der Waals surface area contributed by atoms with E-state index in [0.29, 0.717) is 12.1 Å². The molecule has 1 aliphatic heterocycles. The summed E-state index contributed by atoms with van der Waals surface area (Å²) in [5.41, 5.74) is 0. The van der Waals surface area contributed by atoms with Gasteiger partial charge in [-0.1, -0.05) is 19.8 Å². The standard InChI is InChI=1S/C12H23NO/c1-2-13-11(8-7-10-5-6-10)12-4-3-9-14-12/h10-13H,2-9H2,1H3. The third-order valence-corrected chi connectivity index (χ3v) is 3.46. The van der Waals surface area contributed by atoms with Crippen molar-refractivity contribution >= 4 is 0 Å². The molecule has 1 saturated carbocycles. The lowest BCUT2D eigenvalue weighted by atomic mass is 10.0. The zero-order valence-corrected chi connectivity index (χ0v) is 9.30. The molecule has 0 radical (unpaired) electrons. The molecule has 0 bridgehead atoms.